The van der Waals surface area contributed by atoms with E-state index < -0.39 is 7.92 Å². The van der Waals surface area contributed by atoms with Crippen molar-refractivity contribution >= 4 is 7.92 Å². The molecule has 1 unspecified atom stereocenters. The highest BCUT2D eigenvalue weighted by molar-refractivity contribution is 7.61. The molecule has 0 bridgehead atoms. The number of likely N-dealkylation sites (tertiary alicyclic amines) is 1. The Morgan fingerprint density at radius 1 is 0.909 bits per heavy atom. The lowest BCUT2D eigenvalue weighted by Gasteiger charge is -2.32. The van der Waals surface area contributed by atoms with Crippen molar-refractivity contribution in [2.75, 3.05) is 46.1 Å². The number of rotatable bonds is 23. The Balaban J connectivity index is 1.80. The molecule has 0 aliphatic carbocycles. The number of hydrogen-bond acceptors (Lipinski definition) is 5. The van der Waals surface area contributed by atoms with Gasteiger partial charge in [-0.05, 0) is 62.0 Å². The lowest BCUT2D eigenvalue weighted by Crippen LogP contribution is -2.40. The SMILES string of the molecule is C=C(CCCCCN1C(=C)CCC1=C)NCC(=C)P(C)CC(=C)N[C@@H](Cc1ccccc1)C(=C)N(C)CC(=C)NCC(C)C. The van der Waals surface area contributed by atoms with Gasteiger partial charge in [0, 0.05) is 67.0 Å². The minimum absolute atomic E-state index is 0.0315. The molecule has 0 amide bonds. The summed E-state index contributed by atoms with van der Waals surface area (Å²) in [5, 5.41) is 11.9. The second kappa shape index (κ2) is 19.3. The first-order chi connectivity index (χ1) is 20.9. The standard InChI is InChI=1S/C38H60N5P/c1-29(2)25-39-31(4)27-42(10)36(9)38(24-37-19-15-12-16-20-37)41-32(5)28-44(11)35(8)26-40-30(3)18-14-13-17-23-43-33(6)21-22-34(43)7/h12,15-16,19-20,29,38-41H,3-9,13-14,17-18,21-28H2,1-2,10-11H3/t38-,44?/m0/s1. The Labute approximate surface area is 271 Å². The van der Waals surface area contributed by atoms with E-state index in [0.29, 0.717) is 12.5 Å². The second-order valence-electron chi connectivity index (χ2n) is 12.7. The van der Waals surface area contributed by atoms with Crippen LogP contribution in [0.25, 0.3) is 0 Å². The Kier molecular flexibility index (Phi) is 16.2. The third-order valence-corrected chi connectivity index (χ3v) is 10.2. The molecule has 1 aromatic rings. The molecule has 1 saturated heterocycles. The van der Waals surface area contributed by atoms with Gasteiger partial charge in [0.25, 0.3) is 0 Å². The average Bonchev–Trinajstić information content (AvgIpc) is 3.30. The van der Waals surface area contributed by atoms with Gasteiger partial charge in [-0.15, -0.1) is 0 Å². The molecule has 2 atom stereocenters. The Morgan fingerprint density at radius 2 is 1.57 bits per heavy atom. The summed E-state index contributed by atoms with van der Waals surface area (Å²) in [4.78, 5) is 4.48. The minimum atomic E-state index is -0.444. The van der Waals surface area contributed by atoms with Gasteiger partial charge in [0.1, 0.15) is 0 Å². The van der Waals surface area contributed by atoms with Crippen LogP contribution >= 0.6 is 7.92 Å². The van der Waals surface area contributed by atoms with E-state index in [1.54, 1.807) is 0 Å². The summed E-state index contributed by atoms with van der Waals surface area (Å²) in [7, 11) is 1.64. The van der Waals surface area contributed by atoms with Crippen LogP contribution in [0.2, 0.25) is 0 Å². The number of hydrogen-bond donors (Lipinski definition) is 3. The normalized spacial score (nSPS) is 14.2. The maximum atomic E-state index is 4.49. The van der Waals surface area contributed by atoms with Gasteiger partial charge < -0.3 is 25.8 Å². The van der Waals surface area contributed by atoms with Crippen molar-refractivity contribution in [3.8, 4) is 0 Å². The van der Waals surface area contributed by atoms with E-state index in [-0.39, 0.29) is 6.04 Å². The van der Waals surface area contributed by atoms with E-state index in [9.17, 15) is 0 Å². The third-order valence-electron chi connectivity index (χ3n) is 8.08. The molecular formula is C38H60N5P. The predicted octanol–water partition coefficient (Wildman–Crippen LogP) is 8.32. The van der Waals surface area contributed by atoms with E-state index in [0.717, 1.165) is 87.1 Å². The second-order valence-corrected chi connectivity index (χ2v) is 15.0. The summed E-state index contributed by atoms with van der Waals surface area (Å²) in [5.41, 5.74) is 7.84. The number of likely N-dealkylation sites (N-methyl/N-ethyl adjacent to an activating group) is 1. The van der Waals surface area contributed by atoms with E-state index in [1.165, 1.54) is 28.7 Å². The van der Waals surface area contributed by atoms with Crippen LogP contribution in [0.15, 0.2) is 116 Å². The zero-order valence-electron chi connectivity index (χ0n) is 28.3. The highest BCUT2D eigenvalue weighted by Gasteiger charge is 2.20. The molecule has 5 nitrogen and oxygen atoms in total. The quantitative estimate of drug-likeness (QED) is 0.0851. The van der Waals surface area contributed by atoms with E-state index in [2.05, 4.69) is 130 Å². The monoisotopic (exact) mass is 617 g/mol. The fourth-order valence-electron chi connectivity index (χ4n) is 5.18. The van der Waals surface area contributed by atoms with Crippen molar-refractivity contribution in [2.45, 2.75) is 64.8 Å². The highest BCUT2D eigenvalue weighted by Crippen LogP contribution is 2.40. The van der Waals surface area contributed by atoms with E-state index >= 15 is 0 Å². The fourth-order valence-corrected chi connectivity index (χ4v) is 6.42. The van der Waals surface area contributed by atoms with Gasteiger partial charge in [-0.1, -0.05) is 105 Å². The first-order valence-electron chi connectivity index (χ1n) is 16.1. The Morgan fingerprint density at radius 3 is 2.20 bits per heavy atom. The van der Waals surface area contributed by atoms with Gasteiger partial charge in [0.2, 0.25) is 0 Å². The smallest absolute Gasteiger partial charge is 0.0693 e. The van der Waals surface area contributed by atoms with Crippen molar-refractivity contribution in [1.29, 1.82) is 0 Å². The molecular weight excluding hydrogens is 557 g/mol. The molecule has 1 aliphatic heterocycles. The summed E-state index contributed by atoms with van der Waals surface area (Å²) in [6.07, 6.45) is 8.28. The summed E-state index contributed by atoms with van der Waals surface area (Å²) in [6.45, 7) is 40.3. The third kappa shape index (κ3) is 13.6. The summed E-state index contributed by atoms with van der Waals surface area (Å²) >= 11 is 0. The topological polar surface area (TPSA) is 42.6 Å². The lowest BCUT2D eigenvalue weighted by atomic mass is 10.0. The average molecular weight is 618 g/mol. The highest BCUT2D eigenvalue weighted by atomic mass is 31.1. The van der Waals surface area contributed by atoms with Gasteiger partial charge >= 0.3 is 0 Å². The van der Waals surface area contributed by atoms with E-state index in [4.69, 9.17) is 0 Å². The Bertz CT molecular complexity index is 1140. The zero-order chi connectivity index (χ0) is 32.6. The molecule has 3 N–H and O–H groups in total. The Hall–Kier alpha value is -3.17. The van der Waals surface area contributed by atoms with Gasteiger partial charge in [-0.3, -0.25) is 0 Å². The van der Waals surface area contributed by atoms with Gasteiger partial charge in [-0.2, -0.15) is 0 Å². The minimum Gasteiger partial charge on any atom is -0.387 e. The fraction of sp³-hybridized carbons (Fsp3) is 0.474. The molecule has 242 valence electrons. The number of allylic oxidation sites excluding steroid dienone is 4. The van der Waals surface area contributed by atoms with Crippen molar-refractivity contribution in [3.05, 3.63) is 121 Å². The number of nitrogens with one attached hydrogen (secondary N) is 3. The molecule has 1 fully saturated rings. The van der Waals surface area contributed by atoms with Gasteiger partial charge in [0.05, 0.1) is 12.6 Å². The van der Waals surface area contributed by atoms with Crippen LogP contribution in [0.1, 0.15) is 57.9 Å². The van der Waals surface area contributed by atoms with Crippen LogP contribution in [-0.2, 0) is 6.42 Å². The number of unbranched alkanes of at least 4 members (excludes halogenated alkanes) is 2. The van der Waals surface area contributed by atoms with Crippen LogP contribution in [0, 0.1) is 5.92 Å². The molecule has 0 spiro atoms. The predicted molar refractivity (Wildman–Crippen MR) is 197 cm³/mol. The summed E-state index contributed by atoms with van der Waals surface area (Å²) < 4.78 is 0. The molecule has 1 aromatic carbocycles. The number of nitrogens with zero attached hydrogens (tertiary/aromatic N) is 2. The van der Waals surface area contributed by atoms with Crippen LogP contribution in [0.4, 0.5) is 0 Å². The summed E-state index contributed by atoms with van der Waals surface area (Å²) in [6, 6.07) is 10.6. The maximum absolute atomic E-state index is 4.49. The molecule has 1 aliphatic rings. The zero-order valence-corrected chi connectivity index (χ0v) is 29.2. The molecule has 2 rings (SSSR count). The first-order valence-corrected chi connectivity index (χ1v) is 18.1. The molecule has 0 saturated carbocycles. The molecule has 1 heterocycles. The van der Waals surface area contributed by atoms with Crippen LogP contribution in [0.3, 0.4) is 0 Å². The molecule has 44 heavy (non-hydrogen) atoms. The molecule has 6 heteroatoms. The largest absolute Gasteiger partial charge is 0.387 e. The van der Waals surface area contributed by atoms with E-state index in [1.807, 2.05) is 0 Å². The van der Waals surface area contributed by atoms with Crippen molar-refractivity contribution in [1.82, 2.24) is 25.8 Å². The van der Waals surface area contributed by atoms with Gasteiger partial charge in [-0.25, -0.2) is 0 Å². The molecule has 0 radical (unpaired) electrons. The maximum Gasteiger partial charge on any atom is 0.0693 e. The van der Waals surface area contributed by atoms with Gasteiger partial charge in [0.15, 0.2) is 0 Å². The van der Waals surface area contributed by atoms with Crippen molar-refractivity contribution < 1.29 is 0 Å². The van der Waals surface area contributed by atoms with Crippen LogP contribution in [0.5, 0.6) is 0 Å². The lowest BCUT2D eigenvalue weighted by molar-refractivity contribution is 0.388. The van der Waals surface area contributed by atoms with Crippen molar-refractivity contribution in [2.24, 2.45) is 5.92 Å². The first kappa shape index (κ1) is 37.0. The summed E-state index contributed by atoms with van der Waals surface area (Å²) in [5.74, 6) is 0.570. The number of benzene rings is 1. The van der Waals surface area contributed by atoms with Crippen molar-refractivity contribution in [3.63, 3.8) is 0 Å². The van der Waals surface area contributed by atoms with Crippen LogP contribution in [-0.4, -0.2) is 61.9 Å². The molecule has 0 aromatic heterocycles. The van der Waals surface area contributed by atoms with Crippen LogP contribution < -0.4 is 16.0 Å².